The predicted octanol–water partition coefficient (Wildman–Crippen LogP) is 8.85. The van der Waals surface area contributed by atoms with Crippen LogP contribution in [0.4, 0.5) is 11.4 Å². The summed E-state index contributed by atoms with van der Waals surface area (Å²) in [6, 6.07) is 31.9. The first-order chi connectivity index (χ1) is 16.8. The van der Waals surface area contributed by atoms with E-state index in [2.05, 4.69) is 136 Å². The molecule has 1 aliphatic rings. The zero-order valence-electron chi connectivity index (χ0n) is 21.6. The highest BCUT2D eigenvalue weighted by atomic mass is 31.1. The van der Waals surface area contributed by atoms with Crippen LogP contribution in [0.15, 0.2) is 84.9 Å². The van der Waals surface area contributed by atoms with Crippen molar-refractivity contribution in [2.75, 3.05) is 9.34 Å². The van der Waals surface area contributed by atoms with E-state index in [-0.39, 0.29) is 12.1 Å². The third-order valence-electron chi connectivity index (χ3n) is 7.11. The van der Waals surface area contributed by atoms with Crippen LogP contribution >= 0.6 is 8.88 Å². The van der Waals surface area contributed by atoms with Gasteiger partial charge in [-0.2, -0.15) is 0 Å². The molecule has 1 heterocycles. The van der Waals surface area contributed by atoms with Crippen molar-refractivity contribution in [2.45, 2.75) is 53.6 Å². The standard InChI is InChI=1S/C32H35N2P/c1-21-17-23(3)29(24(4)18-21)33-31(27-13-9-7-10-14-27)32(28-15-11-8-12-16-28)34(35-33)30-25(5)19-22(2)20-26(30)6/h7-20,31-32,35H,1-6H3/t31-,32-/m1/s1. The van der Waals surface area contributed by atoms with Crippen LogP contribution in [0.1, 0.15) is 56.6 Å². The average Bonchev–Trinajstić information content (AvgIpc) is 3.18. The number of hydrogen-bond donors (Lipinski definition) is 0. The van der Waals surface area contributed by atoms with Crippen molar-refractivity contribution < 1.29 is 0 Å². The fourth-order valence-corrected chi connectivity index (χ4v) is 7.94. The van der Waals surface area contributed by atoms with Gasteiger partial charge < -0.3 is 9.34 Å². The van der Waals surface area contributed by atoms with E-state index in [1.807, 2.05) is 0 Å². The summed E-state index contributed by atoms with van der Waals surface area (Å²) in [7, 11) is 0.503. The maximum atomic E-state index is 2.68. The molecule has 1 saturated heterocycles. The van der Waals surface area contributed by atoms with Gasteiger partial charge in [0, 0.05) is 11.4 Å². The number of anilines is 2. The van der Waals surface area contributed by atoms with Crippen LogP contribution in [0, 0.1) is 41.5 Å². The molecular weight excluding hydrogens is 443 g/mol. The minimum atomic E-state index is 0.206. The summed E-state index contributed by atoms with van der Waals surface area (Å²) in [5.74, 6) is 0. The molecule has 0 spiro atoms. The third-order valence-corrected chi connectivity index (χ3v) is 8.54. The largest absolute Gasteiger partial charge is 0.326 e. The van der Waals surface area contributed by atoms with Crippen molar-refractivity contribution in [3.63, 3.8) is 0 Å². The van der Waals surface area contributed by atoms with Gasteiger partial charge in [-0.25, -0.2) is 0 Å². The third kappa shape index (κ3) is 4.37. The van der Waals surface area contributed by atoms with Gasteiger partial charge in [0.2, 0.25) is 0 Å². The highest BCUT2D eigenvalue weighted by Crippen LogP contribution is 2.60. The molecule has 1 aliphatic heterocycles. The molecule has 0 radical (unpaired) electrons. The van der Waals surface area contributed by atoms with E-state index >= 15 is 0 Å². The van der Waals surface area contributed by atoms with Crippen LogP contribution < -0.4 is 9.34 Å². The van der Waals surface area contributed by atoms with Crippen molar-refractivity contribution >= 4 is 20.3 Å². The van der Waals surface area contributed by atoms with Gasteiger partial charge in [-0.1, -0.05) is 96.1 Å². The van der Waals surface area contributed by atoms with Gasteiger partial charge in [0.25, 0.3) is 0 Å². The lowest BCUT2D eigenvalue weighted by Gasteiger charge is -2.32. The van der Waals surface area contributed by atoms with Gasteiger partial charge in [-0.15, -0.1) is 0 Å². The molecule has 5 rings (SSSR count). The molecule has 4 aromatic rings. The highest BCUT2D eigenvalue weighted by Gasteiger charge is 2.44. The van der Waals surface area contributed by atoms with E-state index in [4.69, 9.17) is 0 Å². The Labute approximate surface area is 212 Å². The van der Waals surface area contributed by atoms with E-state index in [0.29, 0.717) is 8.88 Å². The van der Waals surface area contributed by atoms with Crippen molar-refractivity contribution in [3.05, 3.63) is 129 Å². The summed E-state index contributed by atoms with van der Waals surface area (Å²) in [4.78, 5) is 0. The summed E-state index contributed by atoms with van der Waals surface area (Å²) in [6.45, 7) is 13.5. The van der Waals surface area contributed by atoms with E-state index < -0.39 is 0 Å². The van der Waals surface area contributed by atoms with Crippen molar-refractivity contribution in [3.8, 4) is 0 Å². The number of benzene rings is 4. The topological polar surface area (TPSA) is 6.48 Å². The van der Waals surface area contributed by atoms with E-state index in [0.717, 1.165) is 0 Å². The van der Waals surface area contributed by atoms with Gasteiger partial charge in [-0.05, 0) is 74.9 Å². The Morgan fingerprint density at radius 2 is 0.800 bits per heavy atom. The van der Waals surface area contributed by atoms with Crippen LogP contribution in [-0.4, -0.2) is 0 Å². The maximum Gasteiger partial charge on any atom is 0.0840 e. The lowest BCUT2D eigenvalue weighted by Crippen LogP contribution is -2.25. The van der Waals surface area contributed by atoms with Crippen LogP contribution in [0.25, 0.3) is 0 Å². The van der Waals surface area contributed by atoms with Gasteiger partial charge in [-0.3, -0.25) is 0 Å². The number of hydrogen-bond acceptors (Lipinski definition) is 2. The van der Waals surface area contributed by atoms with E-state index in [1.54, 1.807) is 0 Å². The molecule has 0 aromatic heterocycles. The minimum absolute atomic E-state index is 0.206. The first-order valence-electron chi connectivity index (χ1n) is 12.5. The summed E-state index contributed by atoms with van der Waals surface area (Å²) >= 11 is 0. The van der Waals surface area contributed by atoms with Crippen molar-refractivity contribution in [1.82, 2.24) is 0 Å². The Balaban J connectivity index is 1.78. The number of rotatable bonds is 4. The average molecular weight is 479 g/mol. The van der Waals surface area contributed by atoms with Gasteiger partial charge >= 0.3 is 0 Å². The number of aryl methyl sites for hydroxylation is 6. The SMILES string of the molecule is Cc1cc(C)c(N2PN(c3c(C)cc(C)cc3C)[C@H](c3ccccc3)[C@H]2c2ccccc2)c(C)c1. The maximum absolute atomic E-state index is 2.68. The molecule has 3 heteroatoms. The summed E-state index contributed by atoms with van der Waals surface area (Å²) in [6.07, 6.45) is 0. The quantitative estimate of drug-likeness (QED) is 0.270. The summed E-state index contributed by atoms with van der Waals surface area (Å²) in [5, 5.41) is 0. The zero-order chi connectivity index (χ0) is 24.7. The lowest BCUT2D eigenvalue weighted by molar-refractivity contribution is 0.616. The molecule has 0 aliphatic carbocycles. The molecule has 35 heavy (non-hydrogen) atoms. The Kier molecular flexibility index (Phi) is 6.43. The first-order valence-corrected chi connectivity index (χ1v) is 13.3. The zero-order valence-corrected chi connectivity index (χ0v) is 22.6. The smallest absolute Gasteiger partial charge is 0.0840 e. The molecule has 2 atom stereocenters. The monoisotopic (exact) mass is 478 g/mol. The number of nitrogens with zero attached hydrogens (tertiary/aromatic N) is 2. The Morgan fingerprint density at radius 1 is 0.486 bits per heavy atom. The summed E-state index contributed by atoms with van der Waals surface area (Å²) < 4.78 is 5.35. The molecule has 0 saturated carbocycles. The van der Waals surface area contributed by atoms with Crippen LogP contribution in [0.5, 0.6) is 0 Å². The Hall–Kier alpha value is -3.09. The van der Waals surface area contributed by atoms with E-state index in [1.165, 1.54) is 55.9 Å². The van der Waals surface area contributed by atoms with Gasteiger partial charge in [0.15, 0.2) is 0 Å². The second kappa shape index (κ2) is 9.51. The van der Waals surface area contributed by atoms with Crippen LogP contribution in [0.3, 0.4) is 0 Å². The Bertz CT molecular complexity index is 1200. The normalized spacial score (nSPS) is 17.8. The van der Waals surface area contributed by atoms with Gasteiger partial charge in [0.1, 0.15) is 0 Å². The fourth-order valence-electron chi connectivity index (χ4n) is 5.97. The summed E-state index contributed by atoms with van der Waals surface area (Å²) in [5.41, 5.74) is 13.5. The van der Waals surface area contributed by atoms with Crippen molar-refractivity contribution in [1.29, 1.82) is 0 Å². The van der Waals surface area contributed by atoms with Gasteiger partial charge in [0.05, 0.1) is 21.0 Å². The molecule has 0 unspecified atom stereocenters. The van der Waals surface area contributed by atoms with E-state index in [9.17, 15) is 0 Å². The molecule has 1 fully saturated rings. The molecule has 4 aromatic carbocycles. The molecule has 0 N–H and O–H groups in total. The highest BCUT2D eigenvalue weighted by molar-refractivity contribution is 7.42. The van der Waals surface area contributed by atoms with Crippen LogP contribution in [-0.2, 0) is 0 Å². The predicted molar refractivity (Wildman–Crippen MR) is 153 cm³/mol. The Morgan fingerprint density at radius 3 is 1.11 bits per heavy atom. The molecule has 0 bridgehead atoms. The van der Waals surface area contributed by atoms with Crippen LogP contribution in [0.2, 0.25) is 0 Å². The molecule has 2 nitrogen and oxygen atoms in total. The second-order valence-electron chi connectivity index (χ2n) is 10.0. The second-order valence-corrected chi connectivity index (χ2v) is 11.2. The fraction of sp³-hybridized carbons (Fsp3) is 0.250. The molecule has 0 amide bonds. The first kappa shape index (κ1) is 23.6. The lowest BCUT2D eigenvalue weighted by atomic mass is 9.91. The van der Waals surface area contributed by atoms with Crippen molar-refractivity contribution in [2.24, 2.45) is 0 Å². The molecule has 178 valence electrons. The molecular formula is C32H35N2P. The minimum Gasteiger partial charge on any atom is -0.326 e.